The standard InChI is InChI=1S/C2H4Cl2.4ClH.Sn/c3-1-2-4;;;;;/h1-2H2;4*1H;/q;;;;;+4/p-4. The Morgan fingerprint density at radius 2 is 0.778 bits per heavy atom. The average molecular weight is 359 g/mol. The first kappa shape index (κ1) is 41.8. The van der Waals surface area contributed by atoms with Gasteiger partial charge in [-0.1, -0.05) is 0 Å². The molecule has 9 heavy (non-hydrogen) atoms. The van der Waals surface area contributed by atoms with E-state index < -0.39 is 0 Å². The van der Waals surface area contributed by atoms with Crippen LogP contribution in [0.15, 0.2) is 0 Å². The van der Waals surface area contributed by atoms with Crippen LogP contribution in [-0.4, -0.2) is 35.7 Å². The smallest absolute Gasteiger partial charge is 1.00 e. The summed E-state index contributed by atoms with van der Waals surface area (Å²) in [5, 5.41) is 0. The number of alkyl halides is 2. The third-order valence-electron chi connectivity index (χ3n) is 0.0714. The first-order chi connectivity index (χ1) is 1.91. The van der Waals surface area contributed by atoms with Gasteiger partial charge in [0.1, 0.15) is 0 Å². The SMILES string of the molecule is ClCCCl.[Cl-].[Cl-].[Cl-].[Cl-].[Sn+4]. The van der Waals surface area contributed by atoms with Gasteiger partial charge in [0.15, 0.2) is 0 Å². The van der Waals surface area contributed by atoms with E-state index in [0.29, 0.717) is 11.8 Å². The zero-order valence-electron chi connectivity index (χ0n) is 4.18. The number of hydrogen-bond donors (Lipinski definition) is 0. The van der Waals surface area contributed by atoms with Crippen molar-refractivity contribution >= 4 is 47.1 Å². The Morgan fingerprint density at radius 1 is 0.667 bits per heavy atom. The second-order valence-electron chi connectivity index (χ2n) is 0.378. The van der Waals surface area contributed by atoms with Crippen molar-refractivity contribution in [2.75, 3.05) is 11.8 Å². The van der Waals surface area contributed by atoms with E-state index in [0.717, 1.165) is 0 Å². The van der Waals surface area contributed by atoms with Gasteiger partial charge in [-0.05, 0) is 0 Å². The summed E-state index contributed by atoms with van der Waals surface area (Å²) in [5.74, 6) is 1.11. The normalized spacial score (nSPS) is 3.33. The Hall–Kier alpha value is 2.54. The minimum Gasteiger partial charge on any atom is -1.00 e. The third-order valence-corrected chi connectivity index (χ3v) is 0.643. The van der Waals surface area contributed by atoms with E-state index in [1.54, 1.807) is 0 Å². The Kier molecular flexibility index (Phi) is 216. The first-order valence-corrected chi connectivity index (χ1v) is 2.10. The van der Waals surface area contributed by atoms with E-state index in [-0.39, 0.29) is 73.5 Å². The van der Waals surface area contributed by atoms with Crippen LogP contribution < -0.4 is 49.6 Å². The predicted molar refractivity (Wildman–Crippen MR) is 27.2 cm³/mol. The summed E-state index contributed by atoms with van der Waals surface area (Å²) in [6.07, 6.45) is 0. The van der Waals surface area contributed by atoms with Gasteiger partial charge in [-0.3, -0.25) is 0 Å². The molecule has 58 valence electrons. The molecule has 0 aliphatic heterocycles. The zero-order chi connectivity index (χ0) is 3.41. The molecular weight excluding hydrogens is 355 g/mol. The van der Waals surface area contributed by atoms with Crippen molar-refractivity contribution in [3.63, 3.8) is 0 Å². The molecule has 0 amide bonds. The average Bonchev–Trinajstić information content (AvgIpc) is 1.37. The van der Waals surface area contributed by atoms with Gasteiger partial charge in [0.2, 0.25) is 0 Å². The van der Waals surface area contributed by atoms with E-state index in [2.05, 4.69) is 0 Å². The number of halogens is 6. The van der Waals surface area contributed by atoms with Gasteiger partial charge in [-0.15, -0.1) is 23.2 Å². The monoisotopic (exact) mass is 358 g/mol. The molecule has 0 saturated carbocycles. The van der Waals surface area contributed by atoms with Crippen molar-refractivity contribution < 1.29 is 49.6 Å². The summed E-state index contributed by atoms with van der Waals surface area (Å²) < 4.78 is 0. The second-order valence-corrected chi connectivity index (χ2v) is 1.13. The van der Waals surface area contributed by atoms with Crippen molar-refractivity contribution in [3.05, 3.63) is 0 Å². The van der Waals surface area contributed by atoms with Crippen LogP contribution >= 0.6 is 23.2 Å². The third kappa shape index (κ3) is 61.4. The molecule has 0 atom stereocenters. The molecule has 0 aliphatic carbocycles. The molecule has 0 nitrogen and oxygen atoms in total. The van der Waals surface area contributed by atoms with Crippen LogP contribution in [0, 0.1) is 0 Å². The molecule has 0 radical (unpaired) electrons. The van der Waals surface area contributed by atoms with Gasteiger partial charge in [0, 0.05) is 11.8 Å². The molecule has 0 N–H and O–H groups in total. The van der Waals surface area contributed by atoms with Crippen molar-refractivity contribution in [2.45, 2.75) is 0 Å². The molecular formula is C2H4Cl6Sn. The molecule has 0 heterocycles. The Balaban J connectivity index is -0.00000000450. The maximum absolute atomic E-state index is 5.05. The molecule has 0 rings (SSSR count). The number of hydrogen-bond acceptors (Lipinski definition) is 0. The Morgan fingerprint density at radius 3 is 0.778 bits per heavy atom. The summed E-state index contributed by atoms with van der Waals surface area (Å²) in [5.41, 5.74) is 0. The zero-order valence-corrected chi connectivity index (χ0v) is 11.6. The van der Waals surface area contributed by atoms with Crippen molar-refractivity contribution in [1.82, 2.24) is 0 Å². The van der Waals surface area contributed by atoms with Gasteiger partial charge in [0.05, 0.1) is 0 Å². The maximum Gasteiger partial charge on any atom is 4.00 e. The second kappa shape index (κ2) is 46.5. The fourth-order valence-corrected chi connectivity index (χ4v) is 0. The maximum atomic E-state index is 5.05. The van der Waals surface area contributed by atoms with Gasteiger partial charge < -0.3 is 49.6 Å². The molecule has 0 aromatic heterocycles. The molecule has 7 heteroatoms. The van der Waals surface area contributed by atoms with Crippen LogP contribution in [0.5, 0.6) is 0 Å². The van der Waals surface area contributed by atoms with E-state index in [9.17, 15) is 0 Å². The van der Waals surface area contributed by atoms with Crippen LogP contribution in [0.25, 0.3) is 0 Å². The fraction of sp³-hybridized carbons (Fsp3) is 1.00. The van der Waals surface area contributed by atoms with Crippen molar-refractivity contribution in [2.24, 2.45) is 0 Å². The fourth-order valence-electron chi connectivity index (χ4n) is 0. The van der Waals surface area contributed by atoms with Gasteiger partial charge in [-0.25, -0.2) is 0 Å². The summed E-state index contributed by atoms with van der Waals surface area (Å²) >= 11 is 10.1. The van der Waals surface area contributed by atoms with Crippen LogP contribution in [0.4, 0.5) is 0 Å². The van der Waals surface area contributed by atoms with Gasteiger partial charge in [-0.2, -0.15) is 0 Å². The van der Waals surface area contributed by atoms with Crippen LogP contribution in [0.2, 0.25) is 0 Å². The molecule has 0 unspecified atom stereocenters. The summed E-state index contributed by atoms with van der Waals surface area (Å²) in [4.78, 5) is 0. The molecule has 0 bridgehead atoms. The Bertz CT molecular complexity index is 13.0. The van der Waals surface area contributed by atoms with Gasteiger partial charge in [0.25, 0.3) is 0 Å². The van der Waals surface area contributed by atoms with E-state index in [4.69, 9.17) is 23.2 Å². The topological polar surface area (TPSA) is 0 Å². The van der Waals surface area contributed by atoms with Crippen molar-refractivity contribution in [3.8, 4) is 0 Å². The number of rotatable bonds is 1. The summed E-state index contributed by atoms with van der Waals surface area (Å²) in [6, 6.07) is 0. The molecule has 0 fully saturated rings. The van der Waals surface area contributed by atoms with Crippen molar-refractivity contribution in [1.29, 1.82) is 0 Å². The van der Waals surface area contributed by atoms with Crippen LogP contribution in [0.3, 0.4) is 0 Å². The van der Waals surface area contributed by atoms with Gasteiger partial charge >= 0.3 is 23.9 Å². The van der Waals surface area contributed by atoms with E-state index >= 15 is 0 Å². The minimum absolute atomic E-state index is 0. The molecule has 0 spiro atoms. The molecule has 0 aliphatic rings. The summed E-state index contributed by atoms with van der Waals surface area (Å²) in [7, 11) is 0. The summed E-state index contributed by atoms with van der Waals surface area (Å²) in [6.45, 7) is 0. The van der Waals surface area contributed by atoms with E-state index in [1.165, 1.54) is 0 Å². The molecule has 0 saturated heterocycles. The minimum atomic E-state index is 0. The quantitative estimate of drug-likeness (QED) is 0.322. The largest absolute Gasteiger partial charge is 4.00 e. The van der Waals surface area contributed by atoms with Crippen LogP contribution in [-0.2, 0) is 0 Å². The predicted octanol–water partition coefficient (Wildman–Crippen LogP) is -10.9. The van der Waals surface area contributed by atoms with Crippen LogP contribution in [0.1, 0.15) is 0 Å². The first-order valence-electron chi connectivity index (χ1n) is 1.03. The Labute approximate surface area is 107 Å². The van der Waals surface area contributed by atoms with E-state index in [1.807, 2.05) is 0 Å². The molecule has 0 aromatic carbocycles. The molecule has 0 aromatic rings.